The van der Waals surface area contributed by atoms with Gasteiger partial charge in [-0.2, -0.15) is 0 Å². The fraction of sp³-hybridized carbons (Fsp3) is 0.154. The Hall–Kier alpha value is -2.08. The quantitative estimate of drug-likeness (QED) is 0.930. The van der Waals surface area contributed by atoms with E-state index in [0.29, 0.717) is 5.56 Å². The predicted molar refractivity (Wildman–Crippen MR) is 67.7 cm³/mol. The van der Waals surface area contributed by atoms with Crippen molar-refractivity contribution in [1.29, 1.82) is 0 Å². The number of benzene rings is 1. The summed E-state index contributed by atoms with van der Waals surface area (Å²) >= 11 is 0. The van der Waals surface area contributed by atoms with Gasteiger partial charge < -0.3 is 9.52 Å². The molecule has 2 aromatic rings. The Kier molecular flexibility index (Phi) is 3.44. The third-order valence-electron chi connectivity index (χ3n) is 2.81. The first-order chi connectivity index (χ1) is 8.93. The number of carboxylic acid groups (broad SMARTS) is 1. The number of furan rings is 1. The molecule has 1 aromatic heterocycles. The van der Waals surface area contributed by atoms with Crippen LogP contribution in [0.1, 0.15) is 28.3 Å². The number of carbonyl (C=O) groups is 1. The van der Waals surface area contributed by atoms with Gasteiger partial charge in [0.25, 0.3) is 0 Å². The van der Waals surface area contributed by atoms with E-state index in [1.165, 1.54) is 6.92 Å². The first kappa shape index (κ1) is 13.4. The number of hydrogen-bond acceptors (Lipinski definition) is 4. The molecule has 2 rings (SSSR count). The molecule has 100 valence electrons. The highest BCUT2D eigenvalue weighted by Gasteiger charge is 2.28. The molecule has 1 N–H and O–H groups in total. The molecule has 0 aliphatic carbocycles. The van der Waals surface area contributed by atoms with Crippen LogP contribution in [0.3, 0.4) is 0 Å². The van der Waals surface area contributed by atoms with E-state index in [4.69, 9.17) is 9.52 Å². The maximum absolute atomic E-state index is 12.3. The zero-order valence-corrected chi connectivity index (χ0v) is 10.9. The minimum absolute atomic E-state index is 0.332. The summed E-state index contributed by atoms with van der Waals surface area (Å²) in [5.74, 6) is -1.69. The van der Waals surface area contributed by atoms with Crippen LogP contribution >= 0.6 is 0 Å². The van der Waals surface area contributed by atoms with Crippen molar-refractivity contribution in [3.05, 3.63) is 53.8 Å². The van der Waals surface area contributed by atoms with Gasteiger partial charge in [-0.3, -0.25) is 0 Å². The number of carboxylic acids is 1. The van der Waals surface area contributed by atoms with E-state index in [2.05, 4.69) is 0 Å². The van der Waals surface area contributed by atoms with Crippen LogP contribution in [0.2, 0.25) is 0 Å². The zero-order chi connectivity index (χ0) is 14.0. The fourth-order valence-corrected chi connectivity index (χ4v) is 2.99. The van der Waals surface area contributed by atoms with E-state index >= 15 is 0 Å². The lowest BCUT2D eigenvalue weighted by molar-refractivity contribution is 0.0656. The van der Waals surface area contributed by atoms with Gasteiger partial charge in [-0.15, -0.1) is 0 Å². The second-order valence-corrected chi connectivity index (χ2v) is 6.22. The highest BCUT2D eigenvalue weighted by Crippen LogP contribution is 2.29. The smallest absolute Gasteiger partial charge is 0.371 e. The predicted octanol–water partition coefficient (Wildman–Crippen LogP) is 2.51. The van der Waals surface area contributed by atoms with Gasteiger partial charge in [-0.25, -0.2) is 13.2 Å². The van der Waals surface area contributed by atoms with Gasteiger partial charge in [-0.1, -0.05) is 30.3 Å². The van der Waals surface area contributed by atoms with Crippen LogP contribution in [0.4, 0.5) is 0 Å². The summed E-state index contributed by atoms with van der Waals surface area (Å²) in [5, 5.41) is 7.59. The van der Waals surface area contributed by atoms with Gasteiger partial charge in [0, 0.05) is 0 Å². The van der Waals surface area contributed by atoms with Crippen LogP contribution in [-0.4, -0.2) is 19.5 Å². The molecular formula is C13H12O5S. The number of rotatable bonds is 4. The van der Waals surface area contributed by atoms with Crippen LogP contribution in [0, 0.1) is 0 Å². The summed E-state index contributed by atoms with van der Waals surface area (Å²) in [6, 6.07) is 11.0. The molecule has 0 spiro atoms. The Morgan fingerprint density at radius 1 is 1.16 bits per heavy atom. The Labute approximate surface area is 110 Å². The average molecular weight is 280 g/mol. The van der Waals surface area contributed by atoms with E-state index < -0.39 is 21.1 Å². The molecule has 0 saturated carbocycles. The lowest BCUT2D eigenvalue weighted by atomic mass is 10.2. The minimum atomic E-state index is -3.73. The summed E-state index contributed by atoms with van der Waals surface area (Å²) < 4.78 is 29.4. The lowest BCUT2D eigenvalue weighted by Gasteiger charge is -2.10. The van der Waals surface area contributed by atoms with Gasteiger partial charge in [0.1, 0.15) is 0 Å². The Balaban J connectivity index is 2.39. The molecule has 6 heteroatoms. The van der Waals surface area contributed by atoms with Crippen LogP contribution in [-0.2, 0) is 9.84 Å². The van der Waals surface area contributed by atoms with Crippen LogP contribution in [0.15, 0.2) is 52.0 Å². The average Bonchev–Trinajstić information content (AvgIpc) is 2.89. The molecular weight excluding hydrogens is 268 g/mol. The van der Waals surface area contributed by atoms with Crippen LogP contribution in [0.5, 0.6) is 0 Å². The van der Waals surface area contributed by atoms with Crippen molar-refractivity contribution in [1.82, 2.24) is 0 Å². The molecule has 0 aliphatic rings. The van der Waals surface area contributed by atoms with E-state index in [1.807, 2.05) is 0 Å². The Bertz CT molecular complexity index is 685. The molecule has 0 saturated heterocycles. The largest absolute Gasteiger partial charge is 0.475 e. The Morgan fingerprint density at radius 2 is 1.79 bits per heavy atom. The molecule has 1 aromatic carbocycles. The molecule has 0 aliphatic heterocycles. The summed E-state index contributed by atoms with van der Waals surface area (Å²) in [4.78, 5) is 10.7. The van der Waals surface area contributed by atoms with Crippen LogP contribution < -0.4 is 0 Å². The number of hydrogen-bond donors (Lipinski definition) is 1. The van der Waals surface area contributed by atoms with Crippen molar-refractivity contribution < 1.29 is 22.7 Å². The first-order valence-corrected chi connectivity index (χ1v) is 7.09. The van der Waals surface area contributed by atoms with E-state index in [1.54, 1.807) is 30.3 Å². The maximum Gasteiger partial charge on any atom is 0.371 e. The van der Waals surface area contributed by atoms with Crippen molar-refractivity contribution in [2.45, 2.75) is 17.3 Å². The SMILES string of the molecule is CC(c1ccccc1)S(=O)(=O)c1ccc(C(=O)O)o1. The Morgan fingerprint density at radius 3 is 2.32 bits per heavy atom. The molecule has 5 nitrogen and oxygen atoms in total. The second kappa shape index (κ2) is 4.89. The van der Waals surface area contributed by atoms with E-state index in [0.717, 1.165) is 12.1 Å². The third-order valence-corrected chi connectivity index (χ3v) is 4.79. The van der Waals surface area contributed by atoms with Crippen molar-refractivity contribution in [2.75, 3.05) is 0 Å². The summed E-state index contributed by atoms with van der Waals surface area (Å²) in [7, 11) is -3.73. The van der Waals surface area contributed by atoms with E-state index in [9.17, 15) is 13.2 Å². The summed E-state index contributed by atoms with van der Waals surface area (Å²) in [6.07, 6.45) is 0. The number of sulfone groups is 1. The molecule has 1 heterocycles. The van der Waals surface area contributed by atoms with Gasteiger partial charge in [0.15, 0.2) is 0 Å². The standard InChI is InChI=1S/C13H12O5S/c1-9(10-5-3-2-4-6-10)19(16,17)12-8-7-11(18-12)13(14)15/h2-9H,1H3,(H,14,15). The topological polar surface area (TPSA) is 84.6 Å². The first-order valence-electron chi connectivity index (χ1n) is 5.55. The van der Waals surface area contributed by atoms with Gasteiger partial charge in [0.2, 0.25) is 20.7 Å². The molecule has 1 unspecified atom stereocenters. The van der Waals surface area contributed by atoms with Crippen LogP contribution in [0.25, 0.3) is 0 Å². The summed E-state index contributed by atoms with van der Waals surface area (Å²) in [5.41, 5.74) is 0.621. The molecule has 0 amide bonds. The normalized spacial score (nSPS) is 13.1. The number of aromatic carboxylic acids is 1. The fourth-order valence-electron chi connectivity index (χ4n) is 1.67. The zero-order valence-electron chi connectivity index (χ0n) is 10.1. The monoisotopic (exact) mass is 280 g/mol. The second-order valence-electron chi connectivity index (χ2n) is 4.02. The molecule has 1 atom stereocenters. The van der Waals surface area contributed by atoms with Gasteiger partial charge in [-0.05, 0) is 24.6 Å². The molecule has 0 radical (unpaired) electrons. The molecule has 0 bridgehead atoms. The van der Waals surface area contributed by atoms with Gasteiger partial charge >= 0.3 is 5.97 Å². The molecule has 0 fully saturated rings. The third kappa shape index (κ3) is 2.53. The highest BCUT2D eigenvalue weighted by atomic mass is 32.2. The maximum atomic E-state index is 12.3. The summed E-state index contributed by atoms with van der Waals surface area (Å²) in [6.45, 7) is 1.54. The highest BCUT2D eigenvalue weighted by molar-refractivity contribution is 7.91. The van der Waals surface area contributed by atoms with E-state index in [-0.39, 0.29) is 10.9 Å². The van der Waals surface area contributed by atoms with Crippen molar-refractivity contribution >= 4 is 15.8 Å². The minimum Gasteiger partial charge on any atom is -0.475 e. The van der Waals surface area contributed by atoms with Crippen molar-refractivity contribution in [2.24, 2.45) is 0 Å². The van der Waals surface area contributed by atoms with Crippen molar-refractivity contribution in [3.8, 4) is 0 Å². The van der Waals surface area contributed by atoms with Crippen molar-refractivity contribution in [3.63, 3.8) is 0 Å². The van der Waals surface area contributed by atoms with Gasteiger partial charge in [0.05, 0.1) is 5.25 Å². The lowest BCUT2D eigenvalue weighted by Crippen LogP contribution is -2.09. The molecule has 19 heavy (non-hydrogen) atoms.